The first-order valence-electron chi connectivity index (χ1n) is 15.5. The summed E-state index contributed by atoms with van der Waals surface area (Å²) < 4.78 is 18.8. The molecule has 4 saturated carbocycles. The molecule has 4 aliphatic carbocycles. The molecule has 0 aromatic carbocycles. The highest BCUT2D eigenvalue weighted by molar-refractivity contribution is 6.70. The average Bonchev–Trinajstić information content (AvgIpc) is 3.13. The van der Waals surface area contributed by atoms with E-state index in [0.717, 1.165) is 24.2 Å². The summed E-state index contributed by atoms with van der Waals surface area (Å²) in [7, 11) is -1.69. The topological polar surface area (TPSA) is 44.8 Å². The van der Waals surface area contributed by atoms with E-state index in [1.165, 1.54) is 58.5 Å². The van der Waals surface area contributed by atoms with Crippen LogP contribution >= 0.6 is 0 Å². The molecule has 0 saturated heterocycles. The van der Waals surface area contributed by atoms with E-state index in [0.29, 0.717) is 47.2 Å². The molecular weight excluding hydrogens is 493 g/mol. The van der Waals surface area contributed by atoms with E-state index in [2.05, 4.69) is 60.1 Å². The van der Waals surface area contributed by atoms with E-state index in [1.807, 2.05) is 0 Å². The van der Waals surface area contributed by atoms with Gasteiger partial charge in [0.2, 0.25) is 0 Å². The monoisotopic (exact) mass is 550 g/mol. The fourth-order valence-corrected chi connectivity index (χ4v) is 12.3. The molecule has 6 heteroatoms. The van der Waals surface area contributed by atoms with Crippen LogP contribution in [0.15, 0.2) is 0 Å². The maximum Gasteiger partial charge on any atom is 0.305 e. The van der Waals surface area contributed by atoms with Gasteiger partial charge in [0, 0.05) is 18.6 Å². The van der Waals surface area contributed by atoms with Crippen molar-refractivity contribution in [3.8, 4) is 0 Å². The molecule has 214 valence electrons. The van der Waals surface area contributed by atoms with Crippen LogP contribution in [0.1, 0.15) is 85.0 Å². The third kappa shape index (κ3) is 6.12. The molecule has 37 heavy (non-hydrogen) atoms. The van der Waals surface area contributed by atoms with Crippen molar-refractivity contribution < 1.29 is 18.4 Å². The van der Waals surface area contributed by atoms with Crippen molar-refractivity contribution >= 4 is 22.6 Å². The predicted molar refractivity (Wildman–Crippen MR) is 157 cm³/mol. The second-order valence-electron chi connectivity index (χ2n) is 15.9. The summed E-state index contributed by atoms with van der Waals surface area (Å²) in [6.45, 7) is 21.9. The molecule has 0 bridgehead atoms. The summed E-state index contributed by atoms with van der Waals surface area (Å²) in [5.74, 6) is 4.18. The average molecular weight is 551 g/mol. The highest BCUT2D eigenvalue weighted by Gasteiger charge is 2.63. The normalized spacial score (nSPS) is 42.9. The number of methoxy groups -OCH3 is 1. The number of carbonyl (C=O) groups is 1. The standard InChI is InChI=1S/C31H58O4Si2/c1-21(11-14-28(32)33-4)24-12-13-25-29-26(16-18-31(24,25)3)30(2)17-15-23(34-36(5,6)7)19-22(30)20-27(29)35-37(8,9)10/h21-27,29H,11-20H2,1-10H3/t21-,22-,23+,24-,25+,26+,27-,29+,30+,31-/m1/s1. The lowest BCUT2D eigenvalue weighted by Crippen LogP contribution is -2.60. The number of hydrogen-bond donors (Lipinski definition) is 0. The van der Waals surface area contributed by atoms with E-state index in [9.17, 15) is 4.79 Å². The van der Waals surface area contributed by atoms with Crippen LogP contribution in [0, 0.1) is 46.3 Å². The molecule has 0 aliphatic heterocycles. The van der Waals surface area contributed by atoms with Gasteiger partial charge in [0.05, 0.1) is 7.11 Å². The summed E-state index contributed by atoms with van der Waals surface area (Å²) in [5, 5.41) is 0. The van der Waals surface area contributed by atoms with Crippen molar-refractivity contribution in [3.63, 3.8) is 0 Å². The smallest absolute Gasteiger partial charge is 0.305 e. The van der Waals surface area contributed by atoms with Crippen molar-refractivity contribution in [2.45, 2.75) is 136 Å². The van der Waals surface area contributed by atoms with Crippen LogP contribution in [0.3, 0.4) is 0 Å². The number of fused-ring (bicyclic) bond motifs is 5. The van der Waals surface area contributed by atoms with E-state index in [-0.39, 0.29) is 5.97 Å². The van der Waals surface area contributed by atoms with Crippen molar-refractivity contribution in [2.24, 2.45) is 46.3 Å². The largest absolute Gasteiger partial charge is 0.469 e. The Bertz CT molecular complexity index is 819. The first-order chi connectivity index (χ1) is 17.1. The summed E-state index contributed by atoms with van der Waals surface area (Å²) in [4.78, 5) is 11.9. The van der Waals surface area contributed by atoms with Crippen LogP contribution in [-0.4, -0.2) is 41.9 Å². The molecule has 0 aromatic rings. The van der Waals surface area contributed by atoms with Crippen LogP contribution in [0.2, 0.25) is 39.3 Å². The van der Waals surface area contributed by atoms with E-state index >= 15 is 0 Å². The number of ether oxygens (including phenoxy) is 1. The van der Waals surface area contributed by atoms with Crippen molar-refractivity contribution in [2.75, 3.05) is 7.11 Å². The second kappa shape index (κ2) is 10.7. The zero-order valence-corrected chi connectivity index (χ0v) is 27.8. The van der Waals surface area contributed by atoms with Gasteiger partial charge in [-0.15, -0.1) is 0 Å². The van der Waals surface area contributed by atoms with Gasteiger partial charge < -0.3 is 13.6 Å². The minimum absolute atomic E-state index is 0.0567. The second-order valence-corrected chi connectivity index (χ2v) is 24.9. The zero-order valence-electron chi connectivity index (χ0n) is 25.8. The Kier molecular flexibility index (Phi) is 8.59. The third-order valence-electron chi connectivity index (χ3n) is 11.4. The Balaban J connectivity index is 1.59. The van der Waals surface area contributed by atoms with Gasteiger partial charge in [-0.25, -0.2) is 0 Å². The molecule has 0 heterocycles. The fraction of sp³-hybridized carbons (Fsp3) is 0.968. The lowest BCUT2D eigenvalue weighted by molar-refractivity contribution is -0.168. The van der Waals surface area contributed by atoms with Crippen LogP contribution in [0.4, 0.5) is 0 Å². The SMILES string of the molecule is COC(=O)CC[C@@H](C)[C@H]1CC[C@H]2[C@@H]3[C@H](O[Si](C)(C)C)C[C@H]4C[C@@H](O[Si](C)(C)C)CC[C@]4(C)[C@H]3CC[C@]12C. The van der Waals surface area contributed by atoms with Gasteiger partial charge in [-0.05, 0) is 143 Å². The molecule has 4 rings (SSSR count). The Hall–Kier alpha value is -0.176. The Labute approximate surface area is 230 Å². The number of carbonyl (C=O) groups excluding carboxylic acids is 1. The minimum atomic E-state index is -1.67. The Morgan fingerprint density at radius 3 is 2.11 bits per heavy atom. The lowest BCUT2D eigenvalue weighted by Gasteiger charge is -2.64. The van der Waals surface area contributed by atoms with Gasteiger partial charge in [-0.1, -0.05) is 20.8 Å². The fourth-order valence-electron chi connectivity index (χ4n) is 9.97. The Morgan fingerprint density at radius 2 is 1.49 bits per heavy atom. The van der Waals surface area contributed by atoms with Crippen molar-refractivity contribution in [1.29, 1.82) is 0 Å². The number of rotatable bonds is 8. The van der Waals surface area contributed by atoms with E-state index in [4.69, 9.17) is 13.6 Å². The molecule has 4 aliphatic rings. The molecule has 0 aromatic heterocycles. The lowest BCUT2D eigenvalue weighted by atomic mass is 9.43. The van der Waals surface area contributed by atoms with Gasteiger partial charge in [-0.2, -0.15) is 0 Å². The minimum Gasteiger partial charge on any atom is -0.469 e. The molecule has 4 fully saturated rings. The zero-order chi connectivity index (χ0) is 27.4. The summed E-state index contributed by atoms with van der Waals surface area (Å²) >= 11 is 0. The van der Waals surface area contributed by atoms with Crippen molar-refractivity contribution in [3.05, 3.63) is 0 Å². The molecule has 0 N–H and O–H groups in total. The van der Waals surface area contributed by atoms with Gasteiger partial charge in [0.25, 0.3) is 0 Å². The molecule has 10 atom stereocenters. The molecular formula is C31H58O4Si2. The number of esters is 1. The van der Waals surface area contributed by atoms with Gasteiger partial charge in [0.15, 0.2) is 16.6 Å². The summed E-state index contributed by atoms with van der Waals surface area (Å²) in [5.41, 5.74) is 0.804. The van der Waals surface area contributed by atoms with E-state index in [1.54, 1.807) is 0 Å². The highest BCUT2D eigenvalue weighted by atomic mass is 28.4. The third-order valence-corrected chi connectivity index (χ3v) is 13.5. The Morgan fingerprint density at radius 1 is 0.865 bits per heavy atom. The van der Waals surface area contributed by atoms with E-state index < -0.39 is 16.6 Å². The summed E-state index contributed by atoms with van der Waals surface area (Å²) in [6, 6.07) is 0. The van der Waals surface area contributed by atoms with Gasteiger partial charge in [-0.3, -0.25) is 4.79 Å². The molecule has 0 unspecified atom stereocenters. The van der Waals surface area contributed by atoms with Crippen LogP contribution in [0.25, 0.3) is 0 Å². The summed E-state index contributed by atoms with van der Waals surface area (Å²) in [6.07, 6.45) is 12.8. The van der Waals surface area contributed by atoms with Crippen LogP contribution in [0.5, 0.6) is 0 Å². The molecule has 0 radical (unpaired) electrons. The highest BCUT2D eigenvalue weighted by Crippen LogP contribution is 2.69. The number of hydrogen-bond acceptors (Lipinski definition) is 4. The molecule has 0 spiro atoms. The quantitative estimate of drug-likeness (QED) is 0.225. The van der Waals surface area contributed by atoms with Crippen molar-refractivity contribution in [1.82, 2.24) is 0 Å². The van der Waals surface area contributed by atoms with Gasteiger partial charge >= 0.3 is 5.97 Å². The first kappa shape index (κ1) is 29.8. The molecule has 0 amide bonds. The molecule has 4 nitrogen and oxygen atoms in total. The first-order valence-corrected chi connectivity index (χ1v) is 22.3. The van der Waals surface area contributed by atoms with Crippen LogP contribution < -0.4 is 0 Å². The van der Waals surface area contributed by atoms with Crippen LogP contribution in [-0.2, 0) is 18.4 Å². The maximum atomic E-state index is 11.9. The maximum absolute atomic E-state index is 11.9. The predicted octanol–water partition coefficient (Wildman–Crippen LogP) is 8.28. The van der Waals surface area contributed by atoms with Gasteiger partial charge in [0.1, 0.15) is 0 Å².